The molecule has 5 nitrogen and oxygen atoms in total. The second kappa shape index (κ2) is 4.71. The molecule has 0 saturated carbocycles. The van der Waals surface area contributed by atoms with E-state index in [2.05, 4.69) is 10.5 Å². The van der Waals surface area contributed by atoms with Crippen LogP contribution < -0.4 is 11.2 Å². The van der Waals surface area contributed by atoms with Gasteiger partial charge in [0.05, 0.1) is 0 Å². The number of hydroxylamine groups is 1. The number of hydrogen-bond acceptors (Lipinski definition) is 4. The van der Waals surface area contributed by atoms with E-state index in [1.165, 1.54) is 0 Å². The van der Waals surface area contributed by atoms with Gasteiger partial charge in [0.15, 0.2) is 6.61 Å². The lowest BCUT2D eigenvalue weighted by Gasteiger charge is -2.12. The Morgan fingerprint density at radius 3 is 3.08 bits per heavy atom. The van der Waals surface area contributed by atoms with Crippen molar-refractivity contribution in [2.45, 2.75) is 19.3 Å². The summed E-state index contributed by atoms with van der Waals surface area (Å²) in [6.07, 6.45) is 3.13. The molecule has 3 N–H and O–H groups in total. The van der Waals surface area contributed by atoms with E-state index in [9.17, 15) is 4.79 Å². The number of rotatable bonds is 3. The van der Waals surface area contributed by atoms with Crippen molar-refractivity contribution >= 4 is 11.7 Å². The summed E-state index contributed by atoms with van der Waals surface area (Å²) in [5.41, 5.74) is 7.47. The minimum atomic E-state index is -0.487. The Morgan fingerprint density at radius 1 is 1.67 bits per heavy atom. The summed E-state index contributed by atoms with van der Waals surface area (Å²) in [7, 11) is 0. The first-order valence-electron chi connectivity index (χ1n) is 3.98. The second-order valence-electron chi connectivity index (χ2n) is 2.64. The first-order valence-corrected chi connectivity index (χ1v) is 3.98. The maximum atomic E-state index is 10.3. The number of amidine groups is 1. The van der Waals surface area contributed by atoms with Crippen LogP contribution in [0.2, 0.25) is 0 Å². The Hall–Kier alpha value is -1.10. The lowest BCUT2D eigenvalue weighted by Crippen LogP contribution is -2.30. The molecule has 5 heteroatoms. The monoisotopic (exact) mass is 171 g/mol. The van der Waals surface area contributed by atoms with Gasteiger partial charge in [-0.15, -0.1) is 0 Å². The summed E-state index contributed by atoms with van der Waals surface area (Å²) in [6, 6.07) is 0. The van der Waals surface area contributed by atoms with Gasteiger partial charge < -0.3 is 5.73 Å². The molecular weight excluding hydrogens is 158 g/mol. The quantitative estimate of drug-likeness (QED) is 0.566. The minimum absolute atomic E-state index is 0.112. The van der Waals surface area contributed by atoms with Crippen LogP contribution in [0.5, 0.6) is 0 Å². The number of aliphatic imine (C=N–C) groups is 1. The van der Waals surface area contributed by atoms with Crippen molar-refractivity contribution in [3.63, 3.8) is 0 Å². The highest BCUT2D eigenvalue weighted by molar-refractivity contribution is 5.82. The van der Waals surface area contributed by atoms with Crippen LogP contribution in [0.15, 0.2) is 4.99 Å². The smallest absolute Gasteiger partial charge is 0.246 e. The molecule has 1 amide bonds. The molecule has 0 spiro atoms. The molecule has 1 heterocycles. The lowest BCUT2D eigenvalue weighted by molar-refractivity contribution is -0.123. The zero-order valence-corrected chi connectivity index (χ0v) is 6.88. The van der Waals surface area contributed by atoms with Crippen molar-refractivity contribution < 1.29 is 9.63 Å². The number of carbonyl (C=O) groups excluding carboxylic acids is 1. The topological polar surface area (TPSA) is 76.7 Å². The summed E-state index contributed by atoms with van der Waals surface area (Å²) in [4.78, 5) is 19.2. The van der Waals surface area contributed by atoms with Crippen LogP contribution in [0.3, 0.4) is 0 Å². The first-order chi connectivity index (χ1) is 5.79. The number of nitrogens with zero attached hydrogens (tertiary/aromatic N) is 1. The third-order valence-electron chi connectivity index (χ3n) is 1.53. The molecule has 0 atom stereocenters. The van der Waals surface area contributed by atoms with Gasteiger partial charge in [-0.3, -0.25) is 20.1 Å². The molecule has 1 aliphatic rings. The van der Waals surface area contributed by atoms with Crippen molar-refractivity contribution in [3.8, 4) is 0 Å². The number of carbonyl (C=O) groups is 1. The molecule has 1 aliphatic heterocycles. The molecule has 0 aromatic heterocycles. The standard InChI is InChI=1S/C7H13N3O2/c8-6(11)5-12-10-7-3-1-2-4-9-7/h1-5H2,(H2,8,11)(H,9,10). The average molecular weight is 171 g/mol. The number of nitrogens with two attached hydrogens (primary N) is 1. The molecule has 0 radical (unpaired) electrons. The lowest BCUT2D eigenvalue weighted by atomic mass is 10.2. The van der Waals surface area contributed by atoms with Crippen LogP contribution in [0.4, 0.5) is 0 Å². The molecular formula is C7H13N3O2. The van der Waals surface area contributed by atoms with Gasteiger partial charge >= 0.3 is 0 Å². The zero-order valence-electron chi connectivity index (χ0n) is 6.88. The third kappa shape index (κ3) is 3.34. The largest absolute Gasteiger partial charge is 0.368 e. The molecule has 0 saturated heterocycles. The van der Waals surface area contributed by atoms with Crippen LogP contribution in [-0.2, 0) is 9.63 Å². The van der Waals surface area contributed by atoms with Crippen molar-refractivity contribution in [2.75, 3.05) is 13.2 Å². The molecule has 0 aromatic rings. The molecule has 68 valence electrons. The highest BCUT2D eigenvalue weighted by atomic mass is 16.6. The second-order valence-corrected chi connectivity index (χ2v) is 2.64. The maximum Gasteiger partial charge on any atom is 0.246 e. The van der Waals surface area contributed by atoms with E-state index in [1.54, 1.807) is 0 Å². The van der Waals surface area contributed by atoms with Gasteiger partial charge in [0, 0.05) is 13.0 Å². The Morgan fingerprint density at radius 2 is 2.50 bits per heavy atom. The van der Waals surface area contributed by atoms with Gasteiger partial charge in [-0.1, -0.05) is 0 Å². The average Bonchev–Trinajstić information content (AvgIpc) is 2.05. The number of primary amides is 1. The van der Waals surface area contributed by atoms with Crippen LogP contribution >= 0.6 is 0 Å². The van der Waals surface area contributed by atoms with E-state index < -0.39 is 5.91 Å². The highest BCUT2D eigenvalue weighted by Crippen LogP contribution is 2.03. The van der Waals surface area contributed by atoms with Crippen molar-refractivity contribution in [1.82, 2.24) is 5.48 Å². The molecule has 0 aliphatic carbocycles. The molecule has 0 unspecified atom stereocenters. The van der Waals surface area contributed by atoms with E-state index in [-0.39, 0.29) is 6.61 Å². The van der Waals surface area contributed by atoms with Gasteiger partial charge in [-0.25, -0.2) is 0 Å². The van der Waals surface area contributed by atoms with Crippen molar-refractivity contribution in [3.05, 3.63) is 0 Å². The fourth-order valence-corrected chi connectivity index (χ4v) is 0.971. The van der Waals surface area contributed by atoms with E-state index >= 15 is 0 Å². The number of amides is 1. The van der Waals surface area contributed by atoms with Crippen LogP contribution in [0.25, 0.3) is 0 Å². The van der Waals surface area contributed by atoms with E-state index in [4.69, 9.17) is 10.6 Å². The van der Waals surface area contributed by atoms with Gasteiger partial charge in [0.2, 0.25) is 5.91 Å². The summed E-state index contributed by atoms with van der Waals surface area (Å²) < 4.78 is 0. The highest BCUT2D eigenvalue weighted by Gasteiger charge is 2.04. The van der Waals surface area contributed by atoms with Crippen LogP contribution in [-0.4, -0.2) is 24.9 Å². The number of nitrogens with one attached hydrogen (secondary N) is 1. The molecule has 0 fully saturated rings. The summed E-state index contributed by atoms with van der Waals surface area (Å²) in [5.74, 6) is 0.321. The van der Waals surface area contributed by atoms with Crippen LogP contribution in [0.1, 0.15) is 19.3 Å². The zero-order chi connectivity index (χ0) is 8.81. The number of hydrogen-bond donors (Lipinski definition) is 2. The fourth-order valence-electron chi connectivity index (χ4n) is 0.971. The summed E-state index contributed by atoms with van der Waals surface area (Å²) >= 11 is 0. The van der Waals surface area contributed by atoms with Crippen molar-refractivity contribution in [1.29, 1.82) is 0 Å². The third-order valence-corrected chi connectivity index (χ3v) is 1.53. The van der Waals surface area contributed by atoms with Gasteiger partial charge in [-0.05, 0) is 12.8 Å². The molecule has 12 heavy (non-hydrogen) atoms. The Kier molecular flexibility index (Phi) is 3.53. The molecule has 1 rings (SSSR count). The Balaban J connectivity index is 2.13. The van der Waals surface area contributed by atoms with Gasteiger partial charge in [0.25, 0.3) is 0 Å². The summed E-state index contributed by atoms with van der Waals surface area (Å²) in [5, 5.41) is 0. The van der Waals surface area contributed by atoms with Crippen LogP contribution in [0, 0.1) is 0 Å². The van der Waals surface area contributed by atoms with Gasteiger partial charge in [-0.2, -0.15) is 0 Å². The first kappa shape index (κ1) is 8.99. The van der Waals surface area contributed by atoms with E-state index in [0.29, 0.717) is 0 Å². The molecule has 0 aromatic carbocycles. The maximum absolute atomic E-state index is 10.3. The normalized spacial score (nSPS) is 16.8. The van der Waals surface area contributed by atoms with Crippen molar-refractivity contribution in [2.24, 2.45) is 10.7 Å². The van der Waals surface area contributed by atoms with E-state index in [0.717, 1.165) is 31.6 Å². The van der Waals surface area contributed by atoms with E-state index in [1.807, 2.05) is 0 Å². The SMILES string of the molecule is NC(=O)CONC1=NCCCC1. The predicted octanol–water partition coefficient (Wildman–Crippen LogP) is -0.425. The minimum Gasteiger partial charge on any atom is -0.368 e. The summed E-state index contributed by atoms with van der Waals surface area (Å²) in [6.45, 7) is 0.723. The predicted molar refractivity (Wildman–Crippen MR) is 44.4 cm³/mol. The Bertz CT molecular complexity index is 191. The Labute approximate surface area is 70.9 Å². The van der Waals surface area contributed by atoms with Gasteiger partial charge in [0.1, 0.15) is 5.84 Å². The fraction of sp³-hybridized carbons (Fsp3) is 0.714. The molecule has 0 bridgehead atoms.